The topological polar surface area (TPSA) is 303 Å². The van der Waals surface area contributed by atoms with Crippen LogP contribution in [-0.4, -0.2) is 131 Å². The Morgan fingerprint density at radius 1 is 0.913 bits per heavy atom. The summed E-state index contributed by atoms with van der Waals surface area (Å²) in [6.07, 6.45) is -7.33. The van der Waals surface area contributed by atoms with Crippen LogP contribution in [0.25, 0.3) is 0 Å². The van der Waals surface area contributed by atoms with E-state index in [2.05, 4.69) is 19.7 Å². The largest absolute Gasteiger partial charge is 0.480 e. The number of thioether (sulfide) groups is 1. The first kappa shape index (κ1) is 34.2. The molecule has 1 rings (SSSR count). The molecule has 21 heteroatoms. The number of ether oxygens (including phenoxy) is 5. The summed E-state index contributed by atoms with van der Waals surface area (Å²) in [5, 5.41) is 67.7. The van der Waals surface area contributed by atoms with Crippen LogP contribution in [0, 0.1) is 0 Å². The molecule has 0 radical (unpaired) electrons. The second-order valence-electron chi connectivity index (χ2n) is 10.5. The highest BCUT2D eigenvalue weighted by Crippen LogP contribution is 2.51. The van der Waals surface area contributed by atoms with Crippen LogP contribution in [0.3, 0.4) is 0 Å². The number of amides is 1. The molecule has 0 spiro atoms. The zero-order valence-electron chi connectivity index (χ0n) is 29.0. The molecule has 0 saturated carbocycles. The second-order valence-corrected chi connectivity index (χ2v) is 11.6. The van der Waals surface area contributed by atoms with E-state index in [4.69, 9.17) is 19.8 Å². The minimum Gasteiger partial charge on any atom is -0.480 e. The van der Waals surface area contributed by atoms with Gasteiger partial charge in [-0.25, -0.2) is 4.79 Å². The van der Waals surface area contributed by atoms with Gasteiger partial charge >= 0.3 is 47.2 Å². The molecule has 9 atom stereocenters. The number of nitrogens with one attached hydrogen (secondary N) is 2. The lowest BCUT2D eigenvalue weighted by Crippen LogP contribution is -2.83. The average molecular weight is 693 g/mol. The van der Waals surface area contributed by atoms with Gasteiger partial charge in [0.1, 0.15) is 12.1 Å². The van der Waals surface area contributed by atoms with E-state index in [0.29, 0.717) is 0 Å². The molecule has 20 nitrogen and oxygen atoms in total. The molecule has 0 aromatic heterocycles. The van der Waals surface area contributed by atoms with E-state index in [9.17, 15) is 59.4 Å². The van der Waals surface area contributed by atoms with E-state index >= 15 is 0 Å². The van der Waals surface area contributed by atoms with Gasteiger partial charge in [0.15, 0.2) is 11.5 Å². The van der Waals surface area contributed by atoms with Crippen LogP contribution in [0.15, 0.2) is 0 Å². The maximum atomic E-state index is 13.0. The van der Waals surface area contributed by atoms with Gasteiger partial charge < -0.3 is 59.6 Å². The van der Waals surface area contributed by atoms with Gasteiger partial charge in [-0.3, -0.25) is 28.8 Å². The van der Waals surface area contributed by atoms with E-state index in [1.165, 1.54) is 0 Å². The molecule has 1 fully saturated rings. The molecule has 2 unspecified atom stereocenters. The molecule has 46 heavy (non-hydrogen) atoms. The lowest BCUT2D eigenvalue weighted by molar-refractivity contribution is -0.509. The van der Waals surface area contributed by atoms with E-state index in [1.807, 2.05) is 5.32 Å². The van der Waals surface area contributed by atoms with Crippen molar-refractivity contribution in [2.24, 2.45) is 0 Å². The maximum absolute atomic E-state index is 13.0. The smallest absolute Gasteiger partial charge is 0.350 e. The van der Waals surface area contributed by atoms with Gasteiger partial charge in [-0.05, 0) is 27.7 Å². The number of aliphatic carboxylic acids is 1. The Balaban J connectivity index is 3.83. The van der Waals surface area contributed by atoms with Gasteiger partial charge in [0.2, 0.25) is 12.2 Å². The Morgan fingerprint density at radius 3 is 1.91 bits per heavy atom. The summed E-state index contributed by atoms with van der Waals surface area (Å²) in [5.74, 6) is -23.7. The van der Waals surface area contributed by atoms with Crippen molar-refractivity contribution in [3.8, 4) is 0 Å². The Bertz CT molecular complexity index is 1250. The van der Waals surface area contributed by atoms with Gasteiger partial charge in [0, 0.05) is 38.8 Å². The predicted octanol–water partition coefficient (Wildman–Crippen LogP) is -3.28. The molecular formula is C25H40N2O18S. The molecule has 264 valence electrons. The Kier molecular flexibility index (Phi) is 11.6. The third-order valence-electron chi connectivity index (χ3n) is 5.54. The first-order valence-electron chi connectivity index (χ1n) is 15.6. The lowest BCUT2D eigenvalue weighted by Gasteiger charge is -2.56. The minimum absolute atomic E-state index is 0.0147. The highest BCUT2D eigenvalue weighted by Gasteiger charge is 2.81. The van der Waals surface area contributed by atoms with Crippen molar-refractivity contribution in [1.82, 2.24) is 10.8 Å². The normalized spacial score (nSPS) is 30.0. The van der Waals surface area contributed by atoms with Gasteiger partial charge in [-0.2, -0.15) is 5.48 Å². The van der Waals surface area contributed by atoms with Gasteiger partial charge in [-0.15, -0.1) is 11.8 Å². The summed E-state index contributed by atoms with van der Waals surface area (Å²) < 4.78 is 52.7. The number of carbonyl (C=O) groups is 6. The number of rotatable bonds is 14. The van der Waals surface area contributed by atoms with Crippen molar-refractivity contribution in [1.29, 1.82) is 0 Å². The lowest BCUT2D eigenvalue weighted by atomic mass is 9.87. The third kappa shape index (κ3) is 9.92. The highest BCUT2D eigenvalue weighted by atomic mass is 32.2. The Morgan fingerprint density at radius 2 is 1.43 bits per heavy atom. The monoisotopic (exact) mass is 692 g/mol. The minimum atomic E-state index is -4.42. The summed E-state index contributed by atoms with van der Waals surface area (Å²) in [7, 11) is 0. The summed E-state index contributed by atoms with van der Waals surface area (Å²) in [6.45, 7) is 0.574. The van der Waals surface area contributed by atoms with Crippen LogP contribution in [0.4, 0.5) is 0 Å². The highest BCUT2D eigenvalue weighted by molar-refractivity contribution is 7.99. The number of hydroxylamine groups is 1. The van der Waals surface area contributed by atoms with Crippen molar-refractivity contribution in [2.45, 2.75) is 114 Å². The fourth-order valence-electron chi connectivity index (χ4n) is 3.67. The van der Waals surface area contributed by atoms with Crippen molar-refractivity contribution in [3.63, 3.8) is 0 Å². The van der Waals surface area contributed by atoms with Crippen molar-refractivity contribution < 1.29 is 93.4 Å². The Hall–Kier alpha value is -3.15. The molecule has 1 aliphatic heterocycles. The number of carboxylic acids is 1. The Labute approximate surface area is 272 Å². The second kappa shape index (κ2) is 15.6. The number of carboxylic acid groups (broad SMARTS) is 1. The van der Waals surface area contributed by atoms with Gasteiger partial charge in [0.25, 0.3) is 0 Å². The van der Waals surface area contributed by atoms with Crippen molar-refractivity contribution in [3.05, 3.63) is 0 Å². The fourth-order valence-corrected chi connectivity index (χ4v) is 4.89. The summed E-state index contributed by atoms with van der Waals surface area (Å²) in [6, 6.07) is -3.61. The molecule has 1 heterocycles. The zero-order chi connectivity index (χ0) is 38.8. The van der Waals surface area contributed by atoms with E-state index < -0.39 is 128 Å². The molecule has 8 N–H and O–H groups in total. The number of esters is 4. The fraction of sp³-hybridized carbons (Fsp3) is 0.760. The number of carbonyl (C=O) groups excluding carboxylic acids is 5. The third-order valence-corrected chi connectivity index (χ3v) is 6.80. The number of aliphatic hydroxyl groups is 5. The van der Waals surface area contributed by atoms with Crippen molar-refractivity contribution >= 4 is 47.5 Å². The predicted molar refractivity (Wildman–Crippen MR) is 148 cm³/mol. The van der Waals surface area contributed by atoms with Crippen LogP contribution in [-0.2, 0) is 57.3 Å². The first-order chi connectivity index (χ1) is 23.0. The summed E-state index contributed by atoms with van der Waals surface area (Å²) >= 11 is -0.0147. The number of hydrogen-bond acceptors (Lipinski definition) is 19. The van der Waals surface area contributed by atoms with E-state index in [-0.39, 0.29) is 11.8 Å². The summed E-state index contributed by atoms with van der Waals surface area (Å²) in [4.78, 5) is 79.2. The van der Waals surface area contributed by atoms with Gasteiger partial charge in [-0.1, -0.05) is 0 Å². The van der Waals surface area contributed by atoms with Crippen LogP contribution >= 0.6 is 11.8 Å². The SMILES string of the molecule is [2H]CC(=O)OC(O)[C@H]1OC(SC[C@H](NC(=O)[C@@H](NOC(C)(C)C)[C@@H](C)O)C(=O)O)[C@@](O)(OC(=O)C[2H])[C@](O)(OC(=O)C[2H])[C@@]1(O)OC(=O)C[2H]. The maximum Gasteiger partial charge on any atom is 0.350 e. The molecule has 1 aliphatic rings. The molecule has 1 saturated heterocycles. The van der Waals surface area contributed by atoms with Crippen LogP contribution in [0.1, 0.15) is 60.8 Å². The number of hydrogen-bond donors (Lipinski definition) is 8. The summed E-state index contributed by atoms with van der Waals surface area (Å²) in [5.41, 5.74) is -1.22. The molecule has 1 amide bonds. The molecule has 0 aliphatic carbocycles. The van der Waals surface area contributed by atoms with Crippen LogP contribution < -0.4 is 10.8 Å². The molecule has 0 aromatic carbocycles. The van der Waals surface area contributed by atoms with E-state index in [0.717, 1.165) is 6.92 Å². The quantitative estimate of drug-likeness (QED) is 0.0383. The van der Waals surface area contributed by atoms with Crippen LogP contribution in [0.2, 0.25) is 0 Å². The standard InChI is InChI=1S/C25H40N2O18S/c1-10(28)16(27-45-22(6,7)8)18(33)26-15(19(34)35)9-46-21-24(38,43-13(4)31)25(39,44-14(5)32)23(37,42-12(3)30)17(41-21)20(36)40-11(2)29/h10,15-17,20-21,27-28,36-39H,9H2,1-8H3,(H,26,33)(H,34,35)/t10-,15+,16+,17-,20?,21?,23+,24-,25-/m1/s1/i2D,3D,4D,5D. The molecule has 0 aromatic rings. The molecule has 0 bridgehead atoms. The van der Waals surface area contributed by atoms with Crippen molar-refractivity contribution in [2.75, 3.05) is 5.75 Å². The average Bonchev–Trinajstić information content (AvgIpc) is 3.01. The number of aliphatic hydroxyl groups excluding tert-OH is 2. The van der Waals surface area contributed by atoms with Gasteiger partial charge in [0.05, 0.1) is 11.7 Å². The van der Waals surface area contributed by atoms with Crippen LogP contribution in [0.5, 0.6) is 0 Å². The molecular weight excluding hydrogens is 648 g/mol. The van der Waals surface area contributed by atoms with E-state index in [1.54, 1.807) is 20.8 Å². The first-order valence-corrected chi connectivity index (χ1v) is 13.8. The zero-order valence-corrected chi connectivity index (χ0v) is 25.8.